The summed E-state index contributed by atoms with van der Waals surface area (Å²) in [6, 6.07) is 14.0. The first kappa shape index (κ1) is 20.7. The fraction of sp³-hybridized carbons (Fsp3) is 0.174. The number of rotatable bonds is 7. The van der Waals surface area contributed by atoms with Gasteiger partial charge in [0.2, 0.25) is 5.95 Å². The summed E-state index contributed by atoms with van der Waals surface area (Å²) in [5.41, 5.74) is 4.10. The molecule has 0 atom stereocenters. The summed E-state index contributed by atoms with van der Waals surface area (Å²) < 4.78 is 20.5. The Kier molecular flexibility index (Phi) is 6.08. The van der Waals surface area contributed by atoms with Gasteiger partial charge in [-0.3, -0.25) is 10.1 Å². The first-order valence-electron chi connectivity index (χ1n) is 9.68. The van der Waals surface area contributed by atoms with Gasteiger partial charge in [-0.25, -0.2) is 14.1 Å². The summed E-state index contributed by atoms with van der Waals surface area (Å²) in [6.07, 6.45) is 1.52. The summed E-state index contributed by atoms with van der Waals surface area (Å²) in [6.45, 7) is 4.88. The van der Waals surface area contributed by atoms with E-state index in [2.05, 4.69) is 21.5 Å². The second-order valence-electron chi connectivity index (χ2n) is 7.28. The molecule has 0 aliphatic heterocycles. The van der Waals surface area contributed by atoms with Gasteiger partial charge in [0.05, 0.1) is 11.4 Å². The van der Waals surface area contributed by atoms with E-state index in [9.17, 15) is 9.18 Å². The van der Waals surface area contributed by atoms with Crippen molar-refractivity contribution in [3.8, 4) is 5.75 Å². The first-order chi connectivity index (χ1) is 14.9. The molecule has 2 heterocycles. The predicted molar refractivity (Wildman–Crippen MR) is 118 cm³/mol. The number of nitrogens with one attached hydrogen (secondary N) is 1. The number of ether oxygens (including phenoxy) is 1. The van der Waals surface area contributed by atoms with Crippen LogP contribution in [-0.4, -0.2) is 20.7 Å². The van der Waals surface area contributed by atoms with Gasteiger partial charge in [0, 0.05) is 5.56 Å². The van der Waals surface area contributed by atoms with Crippen molar-refractivity contribution in [2.45, 2.75) is 27.0 Å². The van der Waals surface area contributed by atoms with E-state index < -0.39 is 0 Å². The topological polar surface area (TPSA) is 69.0 Å². The van der Waals surface area contributed by atoms with Crippen LogP contribution >= 0.6 is 11.3 Å². The molecule has 31 heavy (non-hydrogen) atoms. The highest BCUT2D eigenvalue weighted by Crippen LogP contribution is 2.21. The maximum atomic E-state index is 13.0. The fourth-order valence-electron chi connectivity index (χ4n) is 3.12. The standard InChI is InChI=1S/C23H21FN4O2S/c1-15-7-16(2)9-20(8-15)30-12-18-10-21(31-13-18)22(29)26-23-25-14-28(27-23)11-17-3-5-19(24)6-4-17/h3-10,13-14H,11-12H2,1-2H3,(H,26,27,29). The molecule has 0 unspecified atom stereocenters. The average molecular weight is 437 g/mol. The van der Waals surface area contributed by atoms with E-state index in [1.807, 2.05) is 31.4 Å². The zero-order valence-electron chi connectivity index (χ0n) is 17.1. The van der Waals surface area contributed by atoms with Crippen LogP contribution in [0.4, 0.5) is 10.3 Å². The van der Waals surface area contributed by atoms with Gasteiger partial charge in [-0.05, 0) is 66.2 Å². The van der Waals surface area contributed by atoms with Gasteiger partial charge in [-0.1, -0.05) is 18.2 Å². The summed E-state index contributed by atoms with van der Waals surface area (Å²) >= 11 is 1.34. The van der Waals surface area contributed by atoms with Crippen LogP contribution in [0.25, 0.3) is 0 Å². The molecule has 1 N–H and O–H groups in total. The maximum absolute atomic E-state index is 13.0. The van der Waals surface area contributed by atoms with Crippen molar-refractivity contribution >= 4 is 23.2 Å². The van der Waals surface area contributed by atoms with Crippen molar-refractivity contribution < 1.29 is 13.9 Å². The number of aromatic nitrogens is 3. The highest BCUT2D eigenvalue weighted by atomic mass is 32.1. The van der Waals surface area contributed by atoms with Gasteiger partial charge in [0.15, 0.2) is 0 Å². The molecule has 0 aliphatic rings. The van der Waals surface area contributed by atoms with Gasteiger partial charge in [-0.15, -0.1) is 16.4 Å². The fourth-order valence-corrected chi connectivity index (χ4v) is 3.91. The Balaban J connectivity index is 1.33. The summed E-state index contributed by atoms with van der Waals surface area (Å²) in [7, 11) is 0. The summed E-state index contributed by atoms with van der Waals surface area (Å²) in [5.74, 6) is 0.464. The van der Waals surface area contributed by atoms with Crippen molar-refractivity contribution in [1.29, 1.82) is 0 Å². The highest BCUT2D eigenvalue weighted by molar-refractivity contribution is 7.12. The minimum Gasteiger partial charge on any atom is -0.489 e. The lowest BCUT2D eigenvalue weighted by molar-refractivity contribution is 0.102. The molecule has 0 saturated carbocycles. The van der Waals surface area contributed by atoms with Gasteiger partial charge < -0.3 is 4.74 Å². The number of carbonyl (C=O) groups excluding carboxylic acids is 1. The number of carbonyl (C=O) groups is 1. The van der Waals surface area contributed by atoms with Crippen LogP contribution < -0.4 is 10.1 Å². The third-order valence-corrected chi connectivity index (χ3v) is 5.48. The number of benzene rings is 2. The van der Waals surface area contributed by atoms with E-state index in [0.29, 0.717) is 18.0 Å². The predicted octanol–water partition coefficient (Wildman–Crippen LogP) is 4.98. The molecule has 0 bridgehead atoms. The van der Waals surface area contributed by atoms with E-state index in [-0.39, 0.29) is 17.7 Å². The van der Waals surface area contributed by atoms with E-state index in [0.717, 1.165) is 28.0 Å². The van der Waals surface area contributed by atoms with Crippen molar-refractivity contribution in [2.24, 2.45) is 0 Å². The van der Waals surface area contributed by atoms with Crippen LogP contribution in [-0.2, 0) is 13.2 Å². The maximum Gasteiger partial charge on any atom is 0.268 e. The lowest BCUT2D eigenvalue weighted by Gasteiger charge is -2.07. The van der Waals surface area contributed by atoms with E-state index in [1.54, 1.807) is 22.9 Å². The molecule has 0 radical (unpaired) electrons. The third-order valence-electron chi connectivity index (χ3n) is 4.50. The number of nitrogens with zero attached hydrogens (tertiary/aromatic N) is 3. The molecule has 0 aliphatic carbocycles. The van der Waals surface area contributed by atoms with Crippen molar-refractivity contribution in [3.63, 3.8) is 0 Å². The number of hydrogen-bond acceptors (Lipinski definition) is 5. The monoisotopic (exact) mass is 436 g/mol. The van der Waals surface area contributed by atoms with Crippen LogP contribution in [0.3, 0.4) is 0 Å². The molecule has 0 spiro atoms. The van der Waals surface area contributed by atoms with Crippen LogP contribution in [0, 0.1) is 19.7 Å². The van der Waals surface area contributed by atoms with Gasteiger partial charge in [-0.2, -0.15) is 0 Å². The first-order valence-corrected chi connectivity index (χ1v) is 10.6. The van der Waals surface area contributed by atoms with Crippen LogP contribution in [0.2, 0.25) is 0 Å². The zero-order chi connectivity index (χ0) is 21.8. The second-order valence-corrected chi connectivity index (χ2v) is 8.19. The number of halogens is 1. The number of amides is 1. The Bertz CT molecular complexity index is 1180. The smallest absolute Gasteiger partial charge is 0.268 e. The highest BCUT2D eigenvalue weighted by Gasteiger charge is 2.12. The van der Waals surface area contributed by atoms with Crippen molar-refractivity contribution in [2.75, 3.05) is 5.32 Å². The quantitative estimate of drug-likeness (QED) is 0.444. The zero-order valence-corrected chi connectivity index (χ0v) is 17.9. The van der Waals surface area contributed by atoms with Crippen molar-refractivity contribution in [1.82, 2.24) is 14.8 Å². The molecular formula is C23H21FN4O2S. The minimum atomic E-state index is -0.287. The number of hydrogen-bond donors (Lipinski definition) is 1. The van der Waals surface area contributed by atoms with Crippen LogP contribution in [0.5, 0.6) is 5.75 Å². The minimum absolute atomic E-state index is 0.216. The molecule has 158 valence electrons. The lowest BCUT2D eigenvalue weighted by Crippen LogP contribution is -2.12. The molecule has 0 saturated heterocycles. The number of anilines is 1. The average Bonchev–Trinajstić information content (AvgIpc) is 3.37. The molecule has 8 heteroatoms. The summed E-state index contributed by atoms with van der Waals surface area (Å²) in [4.78, 5) is 17.2. The molecule has 6 nitrogen and oxygen atoms in total. The molecule has 1 amide bonds. The van der Waals surface area contributed by atoms with E-state index in [1.165, 1.54) is 29.8 Å². The van der Waals surface area contributed by atoms with Gasteiger partial charge in [0.1, 0.15) is 24.5 Å². The summed E-state index contributed by atoms with van der Waals surface area (Å²) in [5, 5.41) is 8.86. The molecule has 4 rings (SSSR count). The Hall–Kier alpha value is -3.52. The van der Waals surface area contributed by atoms with Gasteiger partial charge >= 0.3 is 0 Å². The Morgan fingerprint density at radius 3 is 2.58 bits per heavy atom. The van der Waals surface area contributed by atoms with E-state index in [4.69, 9.17) is 4.74 Å². The molecular weight excluding hydrogens is 415 g/mol. The number of aryl methyl sites for hydroxylation is 2. The molecule has 2 aromatic heterocycles. The third kappa shape index (κ3) is 5.55. The van der Waals surface area contributed by atoms with Crippen molar-refractivity contribution in [3.05, 3.63) is 93.2 Å². The van der Waals surface area contributed by atoms with Crippen LogP contribution in [0.15, 0.2) is 60.2 Å². The SMILES string of the molecule is Cc1cc(C)cc(OCc2csc(C(=O)Nc3ncn(Cc4ccc(F)cc4)n3)c2)c1. The largest absolute Gasteiger partial charge is 0.489 e. The van der Waals surface area contributed by atoms with E-state index >= 15 is 0 Å². The molecule has 4 aromatic rings. The molecule has 2 aromatic carbocycles. The Morgan fingerprint density at radius 2 is 1.84 bits per heavy atom. The normalized spacial score (nSPS) is 10.8. The Labute approximate surface area is 183 Å². The number of thiophene rings is 1. The Morgan fingerprint density at radius 1 is 1.10 bits per heavy atom. The lowest BCUT2D eigenvalue weighted by atomic mass is 10.1. The van der Waals surface area contributed by atoms with Crippen LogP contribution in [0.1, 0.15) is 31.9 Å². The second kappa shape index (κ2) is 9.09. The van der Waals surface area contributed by atoms with Gasteiger partial charge in [0.25, 0.3) is 5.91 Å². The molecule has 0 fully saturated rings.